The van der Waals surface area contributed by atoms with Crippen LogP contribution in [0.1, 0.15) is 90.8 Å². The van der Waals surface area contributed by atoms with Crippen molar-refractivity contribution in [2.45, 2.75) is 65.3 Å². The number of amides is 1. The smallest absolute Gasteiger partial charge is 0.303 e. The molecule has 0 atom stereocenters. The van der Waals surface area contributed by atoms with Crippen LogP contribution in [0.15, 0.2) is 24.3 Å². The van der Waals surface area contributed by atoms with Crippen molar-refractivity contribution in [1.29, 1.82) is 5.41 Å². The van der Waals surface area contributed by atoms with E-state index in [4.69, 9.17) is 29.8 Å². The van der Waals surface area contributed by atoms with Crippen molar-refractivity contribution in [1.82, 2.24) is 10.2 Å². The van der Waals surface area contributed by atoms with Crippen molar-refractivity contribution in [3.05, 3.63) is 52.1 Å². The van der Waals surface area contributed by atoms with Crippen LogP contribution in [0.25, 0.3) is 0 Å². The lowest BCUT2D eigenvalue weighted by molar-refractivity contribution is -0.138. The topological polar surface area (TPSA) is 176 Å². The number of amidine groups is 1. The summed E-state index contributed by atoms with van der Waals surface area (Å²) in [6.45, 7) is 8.36. The Hall–Kier alpha value is -4.61. The summed E-state index contributed by atoms with van der Waals surface area (Å²) in [7, 11) is 1.52. The van der Waals surface area contributed by atoms with Gasteiger partial charge in [0.2, 0.25) is 0 Å². The second kappa shape index (κ2) is 14.7. The molecule has 2 aromatic rings. The first kappa shape index (κ1) is 33.9. The van der Waals surface area contributed by atoms with Gasteiger partial charge < -0.3 is 34.6 Å². The molecule has 0 aliphatic carbocycles. The van der Waals surface area contributed by atoms with Gasteiger partial charge in [-0.1, -0.05) is 20.8 Å². The maximum atomic E-state index is 13.7. The molecule has 1 amide bonds. The Morgan fingerprint density at radius 3 is 2.14 bits per heavy atom. The van der Waals surface area contributed by atoms with Crippen LogP contribution >= 0.6 is 0 Å². The molecule has 1 aliphatic heterocycles. The third kappa shape index (κ3) is 8.48. The summed E-state index contributed by atoms with van der Waals surface area (Å²) in [6.07, 6.45) is 0.338. The van der Waals surface area contributed by atoms with E-state index in [9.17, 15) is 19.2 Å². The van der Waals surface area contributed by atoms with Crippen molar-refractivity contribution in [3.63, 3.8) is 0 Å². The molecule has 0 spiro atoms. The van der Waals surface area contributed by atoms with Crippen molar-refractivity contribution in [2.75, 3.05) is 33.4 Å². The van der Waals surface area contributed by atoms with Gasteiger partial charge in [0.1, 0.15) is 11.6 Å². The maximum Gasteiger partial charge on any atom is 0.303 e. The van der Waals surface area contributed by atoms with E-state index in [0.717, 1.165) is 5.56 Å². The third-order valence-electron chi connectivity index (χ3n) is 7.00. The van der Waals surface area contributed by atoms with Crippen LogP contribution in [-0.2, 0) is 21.5 Å². The van der Waals surface area contributed by atoms with Gasteiger partial charge in [-0.05, 0) is 55.0 Å². The predicted octanol–water partition coefficient (Wildman–Crippen LogP) is 4.25. The van der Waals surface area contributed by atoms with Gasteiger partial charge in [-0.3, -0.25) is 24.6 Å². The molecule has 3 rings (SSSR count). The van der Waals surface area contributed by atoms with Gasteiger partial charge in [0.15, 0.2) is 17.3 Å². The molecule has 0 saturated carbocycles. The summed E-state index contributed by atoms with van der Waals surface area (Å²) in [5.41, 5.74) is 2.11. The van der Waals surface area contributed by atoms with E-state index in [-0.39, 0.29) is 75.3 Å². The number of carbonyl (C=O) groups excluding carboxylic acids is 2. The van der Waals surface area contributed by atoms with Crippen molar-refractivity contribution >= 4 is 29.5 Å². The molecule has 12 heteroatoms. The van der Waals surface area contributed by atoms with Crippen molar-refractivity contribution in [3.8, 4) is 17.2 Å². The molecule has 1 aliphatic rings. The molecule has 0 saturated heterocycles. The highest BCUT2D eigenvalue weighted by molar-refractivity contribution is 6.07. The molecular formula is C32H41N3O9. The number of fused-ring (bicyclic) bond motifs is 1. The normalized spacial score (nSPS) is 12.5. The summed E-state index contributed by atoms with van der Waals surface area (Å²) in [4.78, 5) is 49.8. The number of carboxylic acid groups (broad SMARTS) is 2. The van der Waals surface area contributed by atoms with Crippen LogP contribution in [0.2, 0.25) is 0 Å². The number of nitrogens with one attached hydrogen (secondary N) is 2. The van der Waals surface area contributed by atoms with E-state index in [1.807, 2.05) is 27.7 Å². The molecule has 2 aromatic carbocycles. The molecule has 238 valence electrons. The number of nitrogens with zero attached hydrogens (tertiary/aromatic N) is 1. The lowest BCUT2D eigenvalue weighted by Crippen LogP contribution is -2.30. The highest BCUT2D eigenvalue weighted by Crippen LogP contribution is 2.41. The van der Waals surface area contributed by atoms with Gasteiger partial charge in [0, 0.05) is 43.1 Å². The Balaban J connectivity index is 1.92. The Morgan fingerprint density at radius 1 is 0.932 bits per heavy atom. The third-order valence-corrected chi connectivity index (χ3v) is 7.00. The van der Waals surface area contributed by atoms with E-state index in [0.29, 0.717) is 40.4 Å². The minimum Gasteiger partial charge on any atom is -0.493 e. The zero-order chi connectivity index (χ0) is 32.6. The van der Waals surface area contributed by atoms with E-state index >= 15 is 0 Å². The van der Waals surface area contributed by atoms with E-state index < -0.39 is 17.4 Å². The monoisotopic (exact) mass is 611 g/mol. The highest BCUT2D eigenvalue weighted by atomic mass is 16.5. The number of aliphatic carboxylic acids is 2. The first-order chi connectivity index (χ1) is 20.8. The fourth-order valence-corrected chi connectivity index (χ4v) is 4.79. The predicted molar refractivity (Wildman–Crippen MR) is 162 cm³/mol. The van der Waals surface area contributed by atoms with E-state index in [2.05, 4.69) is 5.32 Å². The van der Waals surface area contributed by atoms with Crippen LogP contribution in [0.5, 0.6) is 17.2 Å². The number of carboxylic acids is 2. The number of rotatable bonds is 16. The first-order valence-electron chi connectivity index (χ1n) is 14.5. The second-order valence-corrected chi connectivity index (χ2v) is 11.4. The van der Waals surface area contributed by atoms with Gasteiger partial charge in [-0.2, -0.15) is 0 Å². The molecule has 0 bridgehead atoms. The van der Waals surface area contributed by atoms with Gasteiger partial charge in [-0.25, -0.2) is 0 Å². The Kier molecular flexibility index (Phi) is 11.3. The van der Waals surface area contributed by atoms with Crippen LogP contribution in [0.4, 0.5) is 0 Å². The quantitative estimate of drug-likeness (QED) is 0.159. The zero-order valence-corrected chi connectivity index (χ0v) is 25.9. The minimum absolute atomic E-state index is 0.0704. The van der Waals surface area contributed by atoms with Crippen molar-refractivity contribution in [2.24, 2.45) is 0 Å². The van der Waals surface area contributed by atoms with Crippen LogP contribution in [-0.4, -0.2) is 78.0 Å². The van der Waals surface area contributed by atoms with Gasteiger partial charge in [0.25, 0.3) is 5.91 Å². The summed E-state index contributed by atoms with van der Waals surface area (Å²) < 4.78 is 17.6. The molecule has 4 N–H and O–H groups in total. The Bertz CT molecular complexity index is 1430. The average molecular weight is 612 g/mol. The summed E-state index contributed by atoms with van der Waals surface area (Å²) >= 11 is 0. The first-order valence-corrected chi connectivity index (χ1v) is 14.5. The molecule has 44 heavy (non-hydrogen) atoms. The molecule has 1 heterocycles. The number of carbonyl (C=O) groups is 4. The van der Waals surface area contributed by atoms with Crippen LogP contribution < -0.4 is 19.5 Å². The molecular weight excluding hydrogens is 570 g/mol. The maximum absolute atomic E-state index is 13.7. The van der Waals surface area contributed by atoms with Crippen molar-refractivity contribution < 1.29 is 43.6 Å². The Labute approximate surface area is 256 Å². The molecule has 0 aromatic heterocycles. The second-order valence-electron chi connectivity index (χ2n) is 11.4. The summed E-state index contributed by atoms with van der Waals surface area (Å²) in [6, 6.07) is 6.63. The largest absolute Gasteiger partial charge is 0.493 e. The number of benzene rings is 2. The molecule has 0 unspecified atom stereocenters. The van der Waals surface area contributed by atoms with E-state index in [1.54, 1.807) is 29.2 Å². The summed E-state index contributed by atoms with van der Waals surface area (Å²) in [5, 5.41) is 29.4. The SMILES string of the molecule is CCOc1cc2c(cc1C(=O)NC)C(=N)N(CC(=O)c1cc(OCCCC(=O)O)c(OCCCC(=O)O)c(C(C)(C)C)c1)C2. The zero-order valence-electron chi connectivity index (χ0n) is 25.9. The van der Waals surface area contributed by atoms with Crippen LogP contribution in [0.3, 0.4) is 0 Å². The molecule has 0 fully saturated rings. The lowest BCUT2D eigenvalue weighted by atomic mass is 9.84. The van der Waals surface area contributed by atoms with Crippen LogP contribution in [0, 0.1) is 5.41 Å². The number of hydrogen-bond donors (Lipinski definition) is 4. The van der Waals surface area contributed by atoms with E-state index in [1.165, 1.54) is 7.05 Å². The van der Waals surface area contributed by atoms with Gasteiger partial charge in [0.05, 0.1) is 31.9 Å². The fraction of sp³-hybridized carbons (Fsp3) is 0.469. The Morgan fingerprint density at radius 2 is 1.57 bits per heavy atom. The highest BCUT2D eigenvalue weighted by Gasteiger charge is 2.31. The standard InChI is InChI=1S/C32H41N3O9/c1-6-42-25-15-20-17-35(30(33)21(20)16-22(25)31(41)34-5)18-24(36)19-13-23(32(2,3)4)29(44-12-8-10-28(39)40)26(14-19)43-11-7-9-27(37)38/h13-16,33H,6-12,17-18H2,1-5H3,(H,34,41)(H,37,38)(H,39,40). The van der Waals surface area contributed by atoms with Gasteiger partial charge in [-0.15, -0.1) is 0 Å². The number of Topliss-reactive ketones (excluding diaryl/α,β-unsaturated/α-hetero) is 1. The summed E-state index contributed by atoms with van der Waals surface area (Å²) in [5.74, 6) is -1.36. The lowest BCUT2D eigenvalue weighted by Gasteiger charge is -2.26. The average Bonchev–Trinajstić information content (AvgIpc) is 3.25. The van der Waals surface area contributed by atoms with Gasteiger partial charge >= 0.3 is 11.9 Å². The minimum atomic E-state index is -0.956. The fourth-order valence-electron chi connectivity index (χ4n) is 4.79. The number of hydrogen-bond acceptors (Lipinski definition) is 8. The molecule has 0 radical (unpaired) electrons. The molecule has 12 nitrogen and oxygen atoms in total. The number of ether oxygens (including phenoxy) is 3. The number of ketones is 1.